The number of amidine groups is 1. The molecule has 0 bridgehead atoms. The highest BCUT2D eigenvalue weighted by Gasteiger charge is 2.11. The Balaban J connectivity index is 2.07. The molecule has 1 heterocycles. The van der Waals surface area contributed by atoms with E-state index < -0.39 is 0 Å². The third-order valence-electron chi connectivity index (χ3n) is 4.45. The molecule has 160 valence electrons. The lowest BCUT2D eigenvalue weighted by atomic mass is 10.1. The summed E-state index contributed by atoms with van der Waals surface area (Å²) < 4.78 is 5.66. The Morgan fingerprint density at radius 1 is 1.40 bits per heavy atom. The first-order chi connectivity index (χ1) is 14.3. The average Bonchev–Trinajstić information content (AvgIpc) is 3.15. The fourth-order valence-electron chi connectivity index (χ4n) is 2.74. The molecule has 0 aliphatic carbocycles. The molecule has 0 spiro atoms. The largest absolute Gasteiger partial charge is 0.506 e. The van der Waals surface area contributed by atoms with Gasteiger partial charge in [-0.3, -0.25) is 0 Å². The maximum atomic E-state index is 10.2. The molecule has 30 heavy (non-hydrogen) atoms. The second kappa shape index (κ2) is 11.0. The van der Waals surface area contributed by atoms with Gasteiger partial charge in [0.25, 0.3) is 0 Å². The van der Waals surface area contributed by atoms with Crippen LogP contribution in [0.5, 0.6) is 5.75 Å². The molecule has 4 N–H and O–H groups in total. The lowest BCUT2D eigenvalue weighted by Crippen LogP contribution is -2.14. The normalized spacial score (nSPS) is 14.4. The van der Waals surface area contributed by atoms with E-state index in [1.165, 1.54) is 0 Å². The number of aliphatic imine (C=N–C) groups is 2. The first-order valence-corrected chi connectivity index (χ1v) is 9.76. The van der Waals surface area contributed by atoms with E-state index in [2.05, 4.69) is 33.5 Å². The number of nitrogens with two attached hydrogens (primary N) is 1. The van der Waals surface area contributed by atoms with Gasteiger partial charge < -0.3 is 25.8 Å². The van der Waals surface area contributed by atoms with E-state index in [0.717, 1.165) is 24.1 Å². The molecule has 0 aromatic heterocycles. The summed E-state index contributed by atoms with van der Waals surface area (Å²) in [6, 6.07) is 5.33. The smallest absolute Gasteiger partial charge is 0.212 e. The molecule has 0 amide bonds. The molecular formula is C23H31N5O2. The van der Waals surface area contributed by atoms with Crippen LogP contribution in [-0.2, 0) is 4.74 Å². The van der Waals surface area contributed by atoms with E-state index >= 15 is 0 Å². The molecule has 0 saturated heterocycles. The summed E-state index contributed by atoms with van der Waals surface area (Å²) in [4.78, 5) is 10.3. The van der Waals surface area contributed by atoms with Crippen LogP contribution in [0.4, 0.5) is 5.69 Å². The van der Waals surface area contributed by atoms with Gasteiger partial charge in [-0.05, 0) is 63.5 Å². The molecule has 0 radical (unpaired) electrons. The van der Waals surface area contributed by atoms with E-state index in [1.807, 2.05) is 45.3 Å². The average molecular weight is 410 g/mol. The Bertz CT molecular complexity index is 910. The third-order valence-corrected chi connectivity index (χ3v) is 4.45. The zero-order chi connectivity index (χ0) is 22.1. The summed E-state index contributed by atoms with van der Waals surface area (Å²) in [6.45, 7) is 11.0. The van der Waals surface area contributed by atoms with Crippen LogP contribution >= 0.6 is 0 Å². The SMILES string of the molecule is C=N/C(=C\C=C(/C)c1ccc(O)c(NC(=C)C2=CCC(N)=N2)c1)OCCCN(C)C. The third kappa shape index (κ3) is 6.93. The van der Waals surface area contributed by atoms with Crippen molar-refractivity contribution in [1.82, 2.24) is 4.90 Å². The molecule has 1 aliphatic heterocycles. The number of anilines is 1. The van der Waals surface area contributed by atoms with Crippen LogP contribution in [0.3, 0.4) is 0 Å². The summed E-state index contributed by atoms with van der Waals surface area (Å²) >= 11 is 0. The number of phenolic OH excluding ortho intramolecular Hbond substituents is 1. The van der Waals surface area contributed by atoms with E-state index in [-0.39, 0.29) is 5.75 Å². The Hall–Kier alpha value is -3.32. The number of hydrogen-bond donors (Lipinski definition) is 3. The Morgan fingerprint density at radius 2 is 2.17 bits per heavy atom. The van der Waals surface area contributed by atoms with E-state index in [0.29, 0.717) is 41.8 Å². The number of ether oxygens (including phenoxy) is 1. The van der Waals surface area contributed by atoms with Gasteiger partial charge in [-0.2, -0.15) is 0 Å². The molecule has 0 atom stereocenters. The van der Waals surface area contributed by atoms with Gasteiger partial charge >= 0.3 is 0 Å². The van der Waals surface area contributed by atoms with Gasteiger partial charge in [-0.1, -0.05) is 18.7 Å². The topological polar surface area (TPSA) is 95.5 Å². The highest BCUT2D eigenvalue weighted by molar-refractivity contribution is 5.86. The molecule has 7 heteroatoms. The van der Waals surface area contributed by atoms with Crippen molar-refractivity contribution in [1.29, 1.82) is 0 Å². The molecular weight excluding hydrogens is 378 g/mol. The minimum atomic E-state index is 0.122. The fraction of sp³-hybridized carbons (Fsp3) is 0.304. The molecule has 0 unspecified atom stereocenters. The number of nitrogens with zero attached hydrogens (tertiary/aromatic N) is 3. The maximum Gasteiger partial charge on any atom is 0.212 e. The molecule has 1 aromatic carbocycles. The standard InChI is InChI=1S/C23H31N5O2/c1-16(7-12-23(25-3)30-14-6-13-28(4)5)18-8-10-21(29)20(15-18)26-17(2)19-9-11-22(24)27-19/h7-10,12,15,26,29H,2-3,6,11,13-14H2,1,4-5H3,(H2,24,27)/b16-7+,23-12+. The summed E-state index contributed by atoms with van der Waals surface area (Å²) in [5.41, 5.74) is 9.42. The van der Waals surface area contributed by atoms with Crippen molar-refractivity contribution in [2.75, 3.05) is 32.6 Å². The van der Waals surface area contributed by atoms with Crippen LogP contribution in [0.1, 0.15) is 25.3 Å². The Kier molecular flexibility index (Phi) is 8.43. The first-order valence-electron chi connectivity index (χ1n) is 9.76. The second-order valence-corrected chi connectivity index (χ2v) is 7.25. The van der Waals surface area contributed by atoms with Crippen LogP contribution in [-0.4, -0.2) is 49.8 Å². The molecule has 0 fully saturated rings. The van der Waals surface area contributed by atoms with Crippen LogP contribution in [0, 0.1) is 0 Å². The van der Waals surface area contributed by atoms with Crippen LogP contribution < -0.4 is 11.1 Å². The number of nitrogens with one attached hydrogen (secondary N) is 1. The van der Waals surface area contributed by atoms with Crippen molar-refractivity contribution in [2.24, 2.45) is 15.7 Å². The number of aromatic hydroxyl groups is 1. The van der Waals surface area contributed by atoms with Gasteiger partial charge in [0.15, 0.2) is 0 Å². The lowest BCUT2D eigenvalue weighted by molar-refractivity contribution is 0.195. The van der Waals surface area contributed by atoms with Crippen LogP contribution in [0.25, 0.3) is 5.57 Å². The minimum Gasteiger partial charge on any atom is -0.506 e. The van der Waals surface area contributed by atoms with Gasteiger partial charge in [-0.15, -0.1) is 0 Å². The van der Waals surface area contributed by atoms with Crippen molar-refractivity contribution in [3.63, 3.8) is 0 Å². The van der Waals surface area contributed by atoms with Gasteiger partial charge in [0.2, 0.25) is 5.88 Å². The molecule has 7 nitrogen and oxygen atoms in total. The fourth-order valence-corrected chi connectivity index (χ4v) is 2.74. The van der Waals surface area contributed by atoms with Crippen molar-refractivity contribution < 1.29 is 9.84 Å². The monoisotopic (exact) mass is 409 g/mol. The Morgan fingerprint density at radius 3 is 2.80 bits per heavy atom. The molecule has 0 saturated carbocycles. The number of hydrogen-bond acceptors (Lipinski definition) is 7. The predicted molar refractivity (Wildman–Crippen MR) is 126 cm³/mol. The second-order valence-electron chi connectivity index (χ2n) is 7.25. The van der Waals surface area contributed by atoms with Gasteiger partial charge in [0.1, 0.15) is 11.6 Å². The van der Waals surface area contributed by atoms with Crippen molar-refractivity contribution in [3.8, 4) is 5.75 Å². The zero-order valence-corrected chi connectivity index (χ0v) is 18.0. The Labute approximate surface area is 178 Å². The quantitative estimate of drug-likeness (QED) is 0.169. The van der Waals surface area contributed by atoms with Crippen molar-refractivity contribution >= 4 is 23.8 Å². The number of phenols is 1. The van der Waals surface area contributed by atoms with Gasteiger partial charge in [-0.25, -0.2) is 9.98 Å². The van der Waals surface area contributed by atoms with Crippen molar-refractivity contribution in [3.05, 3.63) is 65.8 Å². The summed E-state index contributed by atoms with van der Waals surface area (Å²) in [5, 5.41) is 13.3. The number of benzene rings is 1. The molecule has 1 aromatic rings. The van der Waals surface area contributed by atoms with E-state index in [1.54, 1.807) is 12.1 Å². The highest BCUT2D eigenvalue weighted by atomic mass is 16.5. The summed E-state index contributed by atoms with van der Waals surface area (Å²) in [7, 11) is 4.05. The van der Waals surface area contributed by atoms with Crippen LogP contribution in [0.15, 0.2) is 70.3 Å². The maximum absolute atomic E-state index is 10.2. The zero-order valence-electron chi connectivity index (χ0n) is 18.0. The first kappa shape index (κ1) is 23.0. The minimum absolute atomic E-state index is 0.122. The number of rotatable bonds is 11. The summed E-state index contributed by atoms with van der Waals surface area (Å²) in [6.07, 6.45) is 7.10. The molecule has 1 aliphatic rings. The number of allylic oxidation sites excluding steroid dienone is 3. The highest BCUT2D eigenvalue weighted by Crippen LogP contribution is 2.30. The lowest BCUT2D eigenvalue weighted by Gasteiger charge is -2.12. The summed E-state index contributed by atoms with van der Waals surface area (Å²) in [5.74, 6) is 1.14. The van der Waals surface area contributed by atoms with Gasteiger partial charge in [0, 0.05) is 19.0 Å². The van der Waals surface area contributed by atoms with E-state index in [9.17, 15) is 5.11 Å². The van der Waals surface area contributed by atoms with Gasteiger partial charge in [0.05, 0.1) is 23.7 Å². The molecule has 2 rings (SSSR count). The van der Waals surface area contributed by atoms with Crippen molar-refractivity contribution in [2.45, 2.75) is 19.8 Å². The van der Waals surface area contributed by atoms with Crippen LogP contribution in [0.2, 0.25) is 0 Å². The predicted octanol–water partition coefficient (Wildman–Crippen LogP) is 3.88. The van der Waals surface area contributed by atoms with E-state index in [4.69, 9.17) is 10.5 Å².